The number of hydrogen-bond donors (Lipinski definition) is 0. The molecule has 0 amide bonds. The second-order valence-electron chi connectivity index (χ2n) is 23.2. The van der Waals surface area contributed by atoms with E-state index >= 15 is 0 Å². The van der Waals surface area contributed by atoms with Gasteiger partial charge < -0.3 is 0 Å². The van der Waals surface area contributed by atoms with Crippen LogP contribution in [0.15, 0.2) is 96.1 Å². The number of allylic oxidation sites excluding steroid dienone is 2. The normalized spacial score (nSPS) is 20.7. The minimum atomic E-state index is -3.88. The summed E-state index contributed by atoms with van der Waals surface area (Å²) in [4.78, 5) is 0. The first-order valence-electron chi connectivity index (χ1n) is 25.4. The van der Waals surface area contributed by atoms with E-state index in [0.29, 0.717) is 10.8 Å². The Balaban J connectivity index is 1.10. The van der Waals surface area contributed by atoms with E-state index in [1.165, 1.54) is 144 Å². The molecule has 0 spiro atoms. The number of rotatable bonds is 16. The summed E-state index contributed by atoms with van der Waals surface area (Å²) in [5.74, 6) is 0. The Labute approximate surface area is 420 Å². The molecule has 4 aliphatic rings. The average Bonchev–Trinajstić information content (AvgIpc) is 4.06. The molecule has 2 unspecified atom stereocenters. The summed E-state index contributed by atoms with van der Waals surface area (Å²) >= 11 is -7.76. The molecule has 4 aromatic rings. The Morgan fingerprint density at radius 3 is 1.20 bits per heavy atom. The zero-order valence-corrected chi connectivity index (χ0v) is 50.3. The first kappa shape index (κ1) is 50.9. The predicted octanol–water partition coefficient (Wildman–Crippen LogP) is 19.5. The van der Waals surface area contributed by atoms with Gasteiger partial charge in [-0.25, -0.2) is 0 Å². The van der Waals surface area contributed by atoms with Crippen molar-refractivity contribution >= 4 is 55.7 Å². The molecule has 4 aromatic carbocycles. The van der Waals surface area contributed by atoms with Crippen LogP contribution in [0.1, 0.15) is 186 Å². The third-order valence-electron chi connectivity index (χ3n) is 16.3. The summed E-state index contributed by atoms with van der Waals surface area (Å²) in [6, 6.07) is 32.5. The van der Waals surface area contributed by atoms with E-state index in [2.05, 4.69) is 152 Å². The molecule has 2 atom stereocenters. The van der Waals surface area contributed by atoms with Gasteiger partial charge in [0.15, 0.2) is 0 Å². The van der Waals surface area contributed by atoms with Crippen LogP contribution in [-0.4, -0.2) is 9.52 Å². The summed E-state index contributed by atoms with van der Waals surface area (Å²) in [6.45, 7) is 18.5. The molecule has 0 heterocycles. The number of hydrogen-bond acceptors (Lipinski definition) is 0. The first-order valence-corrected chi connectivity index (χ1v) is 46.4. The molecule has 4 aliphatic carbocycles. The third kappa shape index (κ3) is 11.0. The summed E-state index contributed by atoms with van der Waals surface area (Å²) in [5.41, 5.74) is 17.4. The SMILES string of the molecule is CCCC1(CC2=Cc3c(-c4ccc(C(C)(C)C)cc4)cccc3[CH]2[Zr]([Cl])([Cl])[CH2][SiH2][CH2][Zr]([Cl])([Cl])[CH]2C(CC3(CCC)CCCC3)=Cc3c(-c4ccc(C(C)(C)C)cc4)cccc32)CCCC1. The molecule has 7 heteroatoms. The van der Waals surface area contributed by atoms with Gasteiger partial charge in [0.25, 0.3) is 0 Å². The average molecular weight is 1130 g/mol. The van der Waals surface area contributed by atoms with Crippen LogP contribution >= 0.6 is 34.1 Å². The van der Waals surface area contributed by atoms with Crippen LogP contribution < -0.4 is 0 Å². The van der Waals surface area contributed by atoms with Gasteiger partial charge in [-0.3, -0.25) is 0 Å². The fraction of sp³-hybridized carbons (Fsp3) is 0.517. The molecule has 348 valence electrons. The van der Waals surface area contributed by atoms with Gasteiger partial charge in [0.1, 0.15) is 0 Å². The monoisotopic (exact) mass is 1120 g/mol. The molecule has 0 aromatic heterocycles. The van der Waals surface area contributed by atoms with Gasteiger partial charge in [-0.1, -0.05) is 0 Å². The van der Waals surface area contributed by atoms with E-state index in [1.54, 1.807) is 0 Å². The zero-order chi connectivity index (χ0) is 46.4. The van der Waals surface area contributed by atoms with Crippen LogP contribution in [0.25, 0.3) is 34.4 Å². The van der Waals surface area contributed by atoms with E-state index in [0.717, 1.165) is 20.3 Å². The maximum atomic E-state index is 8.13. The van der Waals surface area contributed by atoms with Gasteiger partial charge >= 0.3 is 425 Å². The van der Waals surface area contributed by atoms with Crippen molar-refractivity contribution in [3.8, 4) is 22.3 Å². The molecule has 0 nitrogen and oxygen atoms in total. The molecule has 0 aliphatic heterocycles. The molecule has 2 fully saturated rings. The molecule has 8 rings (SSSR count). The predicted molar refractivity (Wildman–Crippen MR) is 285 cm³/mol. The van der Waals surface area contributed by atoms with E-state index < -0.39 is 45.3 Å². The molecule has 2 saturated carbocycles. The molecule has 65 heavy (non-hydrogen) atoms. The summed E-state index contributed by atoms with van der Waals surface area (Å²) < 4.78 is 2.34. The topological polar surface area (TPSA) is 0 Å². The van der Waals surface area contributed by atoms with Gasteiger partial charge in [0, 0.05) is 0 Å². The van der Waals surface area contributed by atoms with Gasteiger partial charge in [-0.2, -0.15) is 0 Å². The van der Waals surface area contributed by atoms with E-state index in [-0.39, 0.29) is 18.1 Å². The fourth-order valence-electron chi connectivity index (χ4n) is 13.1. The van der Waals surface area contributed by atoms with E-state index in [1.807, 2.05) is 0 Å². The molecule has 0 radical (unpaired) electrons. The summed E-state index contributed by atoms with van der Waals surface area (Å²) in [6.07, 6.45) is 23.1. The van der Waals surface area contributed by atoms with Crippen molar-refractivity contribution in [2.24, 2.45) is 10.8 Å². The van der Waals surface area contributed by atoms with Gasteiger partial charge in [0.2, 0.25) is 0 Å². The number of benzene rings is 4. The molecular weight excluding hydrogens is 1050 g/mol. The van der Waals surface area contributed by atoms with Crippen molar-refractivity contribution < 1.29 is 35.8 Å². The number of halogens is 4. The van der Waals surface area contributed by atoms with Crippen molar-refractivity contribution in [3.05, 3.63) is 129 Å². The Morgan fingerprint density at radius 1 is 0.523 bits per heavy atom. The van der Waals surface area contributed by atoms with Gasteiger partial charge in [-0.05, 0) is 0 Å². The second kappa shape index (κ2) is 20.3. The first-order chi connectivity index (χ1) is 30.8. The van der Waals surface area contributed by atoms with Crippen LogP contribution in [-0.2, 0) is 46.6 Å². The van der Waals surface area contributed by atoms with Crippen molar-refractivity contribution in [1.29, 1.82) is 0 Å². The van der Waals surface area contributed by atoms with Gasteiger partial charge in [0.05, 0.1) is 0 Å². The molecular formula is C58H76Cl4SiZr2. The van der Waals surface area contributed by atoms with Crippen LogP contribution in [0.5, 0.6) is 0 Å². The van der Waals surface area contributed by atoms with Crippen molar-refractivity contribution in [1.82, 2.24) is 0 Å². The van der Waals surface area contributed by atoms with E-state index in [9.17, 15) is 0 Å². The Morgan fingerprint density at radius 2 is 0.877 bits per heavy atom. The maximum absolute atomic E-state index is 8.13. The van der Waals surface area contributed by atoms with Gasteiger partial charge in [-0.15, -0.1) is 0 Å². The zero-order valence-electron chi connectivity index (χ0n) is 40.9. The van der Waals surface area contributed by atoms with Crippen molar-refractivity contribution in [2.75, 3.05) is 0 Å². The standard InChI is InChI=1S/2C28H35.C2H6Si.4ClH.2Zr/c2*1-5-15-28(16-6-7-17-28)20-21-18-23-9-8-10-25(26(23)19-21)22-11-13-24(14-12-22)27(2,3)4;1-3-2;;;;;;/h2*8-14,18-19H,5-7,15-17,20H2,1-4H3;1-3H2;4*1H;;/q;;;;;;;2*+2/p-4. The van der Waals surface area contributed by atoms with Crippen molar-refractivity contribution in [3.63, 3.8) is 0 Å². The number of fused-ring (bicyclic) bond motifs is 2. The third-order valence-corrected chi connectivity index (χ3v) is 59.5. The Hall–Kier alpha value is -0.497. The van der Waals surface area contributed by atoms with Crippen molar-refractivity contribution in [2.45, 2.75) is 171 Å². The Kier molecular flexibility index (Phi) is 15.9. The summed E-state index contributed by atoms with van der Waals surface area (Å²) in [7, 11) is 31.8. The quantitative estimate of drug-likeness (QED) is 0.0981. The second-order valence-corrected chi connectivity index (χ2v) is 60.9. The summed E-state index contributed by atoms with van der Waals surface area (Å²) in [5, 5.41) is 0. The molecule has 0 saturated heterocycles. The van der Waals surface area contributed by atoms with Crippen LogP contribution in [0.3, 0.4) is 0 Å². The fourth-order valence-corrected chi connectivity index (χ4v) is 57.7. The Bertz CT molecular complexity index is 2200. The molecule has 0 bridgehead atoms. The van der Waals surface area contributed by atoms with Crippen LogP contribution in [0.4, 0.5) is 0 Å². The van der Waals surface area contributed by atoms with Crippen LogP contribution in [0.2, 0.25) is 7.50 Å². The minimum absolute atomic E-state index is 0.113. The van der Waals surface area contributed by atoms with Crippen LogP contribution in [0, 0.1) is 10.8 Å². The molecule has 0 N–H and O–H groups in total. The van der Waals surface area contributed by atoms with E-state index in [4.69, 9.17) is 34.1 Å².